The summed E-state index contributed by atoms with van der Waals surface area (Å²) in [6.45, 7) is 1.99. The van der Waals surface area contributed by atoms with Gasteiger partial charge in [0.25, 0.3) is 0 Å². The highest BCUT2D eigenvalue weighted by molar-refractivity contribution is 6.33. The van der Waals surface area contributed by atoms with E-state index in [4.69, 9.17) is 23.2 Å². The predicted octanol–water partition coefficient (Wildman–Crippen LogP) is 5.43. The van der Waals surface area contributed by atoms with Crippen molar-refractivity contribution in [3.8, 4) is 22.5 Å². The highest BCUT2D eigenvalue weighted by Gasteiger charge is 2.11. The molecular formula is C17H12Cl2N2. The SMILES string of the molecule is Cc1cc(-c2ccccc2Cl)nnc1-c1ccccc1Cl. The van der Waals surface area contributed by atoms with Crippen molar-refractivity contribution < 1.29 is 0 Å². The Balaban J connectivity index is 2.09. The Morgan fingerprint density at radius 3 is 1.90 bits per heavy atom. The summed E-state index contributed by atoms with van der Waals surface area (Å²) < 4.78 is 0. The van der Waals surface area contributed by atoms with Crippen LogP contribution in [0.3, 0.4) is 0 Å². The molecule has 3 rings (SSSR count). The van der Waals surface area contributed by atoms with Gasteiger partial charge in [0, 0.05) is 11.1 Å². The number of benzene rings is 2. The standard InChI is InChI=1S/C17H12Cl2N2/c1-11-10-16(12-6-2-4-8-14(12)18)20-21-17(11)13-7-3-5-9-15(13)19/h2-10H,1H3. The maximum atomic E-state index is 6.22. The molecule has 0 spiro atoms. The van der Waals surface area contributed by atoms with E-state index in [1.807, 2.05) is 61.5 Å². The van der Waals surface area contributed by atoms with E-state index in [9.17, 15) is 0 Å². The van der Waals surface area contributed by atoms with Crippen LogP contribution >= 0.6 is 23.2 Å². The zero-order valence-corrected chi connectivity index (χ0v) is 12.9. The van der Waals surface area contributed by atoms with Crippen molar-refractivity contribution in [3.05, 3.63) is 70.2 Å². The van der Waals surface area contributed by atoms with Crippen molar-refractivity contribution in [1.82, 2.24) is 10.2 Å². The quantitative estimate of drug-likeness (QED) is 0.630. The molecule has 0 N–H and O–H groups in total. The van der Waals surface area contributed by atoms with Crippen LogP contribution in [0, 0.1) is 6.92 Å². The van der Waals surface area contributed by atoms with Crippen molar-refractivity contribution in [3.63, 3.8) is 0 Å². The Morgan fingerprint density at radius 2 is 1.33 bits per heavy atom. The Morgan fingerprint density at radius 1 is 0.762 bits per heavy atom. The minimum Gasteiger partial charge on any atom is -0.150 e. The number of halogens is 2. The molecule has 0 unspecified atom stereocenters. The van der Waals surface area contributed by atoms with Gasteiger partial charge in [-0.25, -0.2) is 0 Å². The highest BCUT2D eigenvalue weighted by atomic mass is 35.5. The molecule has 0 amide bonds. The zero-order valence-electron chi connectivity index (χ0n) is 11.3. The number of hydrogen-bond donors (Lipinski definition) is 0. The minimum absolute atomic E-state index is 0.664. The van der Waals surface area contributed by atoms with Gasteiger partial charge in [0.2, 0.25) is 0 Å². The summed E-state index contributed by atoms with van der Waals surface area (Å²) in [5.74, 6) is 0. The third-order valence-electron chi connectivity index (χ3n) is 3.26. The van der Waals surface area contributed by atoms with Crippen LogP contribution in [0.4, 0.5) is 0 Å². The summed E-state index contributed by atoms with van der Waals surface area (Å²) in [6.07, 6.45) is 0. The number of hydrogen-bond acceptors (Lipinski definition) is 2. The van der Waals surface area contributed by atoms with Crippen molar-refractivity contribution in [2.45, 2.75) is 6.92 Å². The number of aromatic nitrogens is 2. The molecule has 0 aliphatic carbocycles. The van der Waals surface area contributed by atoms with Crippen LogP contribution in [0.2, 0.25) is 10.0 Å². The van der Waals surface area contributed by atoms with Gasteiger partial charge in [-0.2, -0.15) is 0 Å². The van der Waals surface area contributed by atoms with Crippen LogP contribution in [-0.2, 0) is 0 Å². The minimum atomic E-state index is 0.664. The second-order valence-corrected chi connectivity index (χ2v) is 5.54. The molecule has 2 nitrogen and oxygen atoms in total. The number of aryl methyl sites for hydroxylation is 1. The molecule has 104 valence electrons. The Kier molecular flexibility index (Phi) is 3.91. The van der Waals surface area contributed by atoms with Gasteiger partial charge in [-0.05, 0) is 30.7 Å². The summed E-state index contributed by atoms with van der Waals surface area (Å²) in [4.78, 5) is 0. The summed E-state index contributed by atoms with van der Waals surface area (Å²) in [5, 5.41) is 9.96. The molecule has 0 atom stereocenters. The Hall–Kier alpha value is -1.90. The van der Waals surface area contributed by atoms with Crippen LogP contribution in [0.25, 0.3) is 22.5 Å². The first kappa shape index (κ1) is 14.1. The van der Waals surface area contributed by atoms with Gasteiger partial charge in [-0.15, -0.1) is 10.2 Å². The van der Waals surface area contributed by atoms with Gasteiger partial charge >= 0.3 is 0 Å². The second-order valence-electron chi connectivity index (χ2n) is 4.72. The predicted molar refractivity (Wildman–Crippen MR) is 87.7 cm³/mol. The topological polar surface area (TPSA) is 25.8 Å². The van der Waals surface area contributed by atoms with E-state index < -0.39 is 0 Å². The smallest absolute Gasteiger partial charge is 0.0974 e. The van der Waals surface area contributed by atoms with Gasteiger partial charge in [0.1, 0.15) is 0 Å². The monoisotopic (exact) mass is 314 g/mol. The second kappa shape index (κ2) is 5.84. The lowest BCUT2D eigenvalue weighted by Gasteiger charge is -2.09. The van der Waals surface area contributed by atoms with Crippen LogP contribution < -0.4 is 0 Å². The van der Waals surface area contributed by atoms with Crippen molar-refractivity contribution >= 4 is 23.2 Å². The lowest BCUT2D eigenvalue weighted by molar-refractivity contribution is 1.03. The van der Waals surface area contributed by atoms with E-state index in [0.29, 0.717) is 10.0 Å². The third kappa shape index (κ3) is 2.78. The molecular weight excluding hydrogens is 303 g/mol. The maximum absolute atomic E-state index is 6.22. The molecule has 21 heavy (non-hydrogen) atoms. The molecule has 4 heteroatoms. The van der Waals surface area contributed by atoms with Crippen molar-refractivity contribution in [2.75, 3.05) is 0 Å². The lowest BCUT2D eigenvalue weighted by atomic mass is 10.0. The Labute approximate surface area is 133 Å². The van der Waals surface area contributed by atoms with Gasteiger partial charge in [0.15, 0.2) is 0 Å². The maximum Gasteiger partial charge on any atom is 0.0974 e. The van der Waals surface area contributed by atoms with Gasteiger partial charge in [-0.1, -0.05) is 59.6 Å². The first-order valence-corrected chi connectivity index (χ1v) is 7.26. The fraction of sp³-hybridized carbons (Fsp3) is 0.0588. The lowest BCUT2D eigenvalue weighted by Crippen LogP contribution is -1.95. The summed E-state index contributed by atoms with van der Waals surface area (Å²) in [6, 6.07) is 17.2. The van der Waals surface area contributed by atoms with E-state index in [1.54, 1.807) is 0 Å². The summed E-state index contributed by atoms with van der Waals surface area (Å²) in [7, 11) is 0. The third-order valence-corrected chi connectivity index (χ3v) is 3.92. The summed E-state index contributed by atoms with van der Waals surface area (Å²) in [5.41, 5.74) is 4.31. The highest BCUT2D eigenvalue weighted by Crippen LogP contribution is 2.31. The van der Waals surface area contributed by atoms with E-state index in [2.05, 4.69) is 10.2 Å². The molecule has 3 aromatic rings. The molecule has 0 saturated heterocycles. The first-order valence-electron chi connectivity index (χ1n) is 6.51. The van der Waals surface area contributed by atoms with E-state index in [-0.39, 0.29) is 0 Å². The van der Waals surface area contributed by atoms with Crippen LogP contribution in [-0.4, -0.2) is 10.2 Å². The molecule has 0 aliphatic heterocycles. The van der Waals surface area contributed by atoms with Crippen LogP contribution in [0.5, 0.6) is 0 Å². The van der Waals surface area contributed by atoms with Gasteiger partial charge in [-0.3, -0.25) is 0 Å². The largest absolute Gasteiger partial charge is 0.150 e. The van der Waals surface area contributed by atoms with E-state index >= 15 is 0 Å². The van der Waals surface area contributed by atoms with Crippen molar-refractivity contribution in [1.29, 1.82) is 0 Å². The average molecular weight is 315 g/mol. The molecule has 0 aliphatic rings. The molecule has 0 radical (unpaired) electrons. The first-order chi connectivity index (χ1) is 10.2. The molecule has 0 bridgehead atoms. The number of nitrogens with zero attached hydrogens (tertiary/aromatic N) is 2. The van der Waals surface area contributed by atoms with Gasteiger partial charge in [0.05, 0.1) is 21.4 Å². The molecule has 1 heterocycles. The van der Waals surface area contributed by atoms with Crippen LogP contribution in [0.1, 0.15) is 5.56 Å². The molecule has 2 aromatic carbocycles. The normalized spacial score (nSPS) is 10.6. The average Bonchev–Trinajstić information content (AvgIpc) is 2.49. The fourth-order valence-corrected chi connectivity index (χ4v) is 2.66. The molecule has 1 aromatic heterocycles. The van der Waals surface area contributed by atoms with Gasteiger partial charge < -0.3 is 0 Å². The van der Waals surface area contributed by atoms with Crippen LogP contribution in [0.15, 0.2) is 54.6 Å². The number of rotatable bonds is 2. The van der Waals surface area contributed by atoms with E-state index in [0.717, 1.165) is 28.1 Å². The summed E-state index contributed by atoms with van der Waals surface area (Å²) >= 11 is 12.4. The molecule has 0 saturated carbocycles. The zero-order chi connectivity index (χ0) is 14.8. The fourth-order valence-electron chi connectivity index (χ4n) is 2.21. The van der Waals surface area contributed by atoms with E-state index in [1.165, 1.54) is 0 Å². The Bertz CT molecular complexity index is 800. The molecule has 0 fully saturated rings. The van der Waals surface area contributed by atoms with Crippen molar-refractivity contribution in [2.24, 2.45) is 0 Å².